The number of nitrogens with one attached hydrogen (secondary N) is 2. The number of anilines is 1. The molecule has 0 heterocycles. The van der Waals surface area contributed by atoms with E-state index in [1.807, 2.05) is 45.9 Å². The standard InChI is InChI=1S/C21H26N2O3S2/c1-14(2)11-20(24)23-21(27)22-18-7-9-19(10-8-18)28(25,26)13-17-6-5-15(3)16(4)12-17/h5-10,12,14H,11,13H2,1-4H3,(H2,22,23,24,27). The molecular weight excluding hydrogens is 392 g/mol. The molecule has 0 spiro atoms. The van der Waals surface area contributed by atoms with Crippen LogP contribution in [-0.4, -0.2) is 19.4 Å². The molecule has 0 aromatic heterocycles. The molecule has 0 bridgehead atoms. The van der Waals surface area contributed by atoms with Gasteiger partial charge in [-0.25, -0.2) is 8.42 Å². The number of carbonyl (C=O) groups excluding carboxylic acids is 1. The lowest BCUT2D eigenvalue weighted by molar-refractivity contribution is -0.120. The molecule has 0 unspecified atom stereocenters. The Hall–Kier alpha value is -2.25. The fraction of sp³-hybridized carbons (Fsp3) is 0.333. The first-order valence-corrected chi connectivity index (χ1v) is 11.1. The summed E-state index contributed by atoms with van der Waals surface area (Å²) in [6, 6.07) is 12.0. The van der Waals surface area contributed by atoms with Gasteiger partial charge in [-0.1, -0.05) is 32.0 Å². The number of aryl methyl sites for hydroxylation is 2. The highest BCUT2D eigenvalue weighted by Crippen LogP contribution is 2.20. The average molecular weight is 419 g/mol. The molecule has 7 heteroatoms. The molecule has 0 aliphatic heterocycles. The van der Waals surface area contributed by atoms with E-state index >= 15 is 0 Å². The van der Waals surface area contributed by atoms with Gasteiger partial charge >= 0.3 is 0 Å². The van der Waals surface area contributed by atoms with Gasteiger partial charge in [0.2, 0.25) is 5.91 Å². The summed E-state index contributed by atoms with van der Waals surface area (Å²) < 4.78 is 25.4. The quantitative estimate of drug-likeness (QED) is 0.690. The molecule has 2 aromatic carbocycles. The molecule has 0 radical (unpaired) electrons. The molecular formula is C21H26N2O3S2. The molecule has 5 nitrogen and oxygen atoms in total. The van der Waals surface area contributed by atoms with Crippen molar-refractivity contribution in [2.24, 2.45) is 5.92 Å². The van der Waals surface area contributed by atoms with E-state index in [1.165, 1.54) is 12.1 Å². The number of amides is 1. The van der Waals surface area contributed by atoms with Crippen molar-refractivity contribution in [3.8, 4) is 0 Å². The fourth-order valence-corrected chi connectivity index (χ4v) is 4.22. The molecule has 2 N–H and O–H groups in total. The van der Waals surface area contributed by atoms with Gasteiger partial charge in [-0.2, -0.15) is 0 Å². The van der Waals surface area contributed by atoms with Crippen molar-refractivity contribution in [1.82, 2.24) is 5.32 Å². The fourth-order valence-electron chi connectivity index (χ4n) is 2.65. The van der Waals surface area contributed by atoms with Gasteiger partial charge in [-0.05, 0) is 72.9 Å². The van der Waals surface area contributed by atoms with Crippen LogP contribution in [0.1, 0.15) is 37.0 Å². The summed E-state index contributed by atoms with van der Waals surface area (Å²) in [4.78, 5) is 12.0. The van der Waals surface area contributed by atoms with E-state index in [-0.39, 0.29) is 27.6 Å². The second kappa shape index (κ2) is 9.30. The van der Waals surface area contributed by atoms with Crippen molar-refractivity contribution in [2.75, 3.05) is 5.32 Å². The number of benzene rings is 2. The Balaban J connectivity index is 2.03. The first-order valence-electron chi connectivity index (χ1n) is 9.06. The topological polar surface area (TPSA) is 75.3 Å². The number of hydrogen-bond acceptors (Lipinski definition) is 4. The third kappa shape index (κ3) is 6.42. The van der Waals surface area contributed by atoms with Crippen molar-refractivity contribution in [2.45, 2.75) is 44.8 Å². The predicted octanol–water partition coefficient (Wildman–Crippen LogP) is 4.14. The second-order valence-corrected chi connectivity index (χ2v) is 9.70. The van der Waals surface area contributed by atoms with Crippen LogP contribution in [0.25, 0.3) is 0 Å². The highest BCUT2D eigenvalue weighted by Gasteiger charge is 2.16. The van der Waals surface area contributed by atoms with Crippen LogP contribution in [0.3, 0.4) is 0 Å². The number of sulfone groups is 1. The highest BCUT2D eigenvalue weighted by atomic mass is 32.2. The number of rotatable bonds is 6. The summed E-state index contributed by atoms with van der Waals surface area (Å²) >= 11 is 5.12. The van der Waals surface area contributed by atoms with E-state index in [1.54, 1.807) is 12.1 Å². The van der Waals surface area contributed by atoms with Crippen LogP contribution < -0.4 is 10.6 Å². The molecule has 2 rings (SSSR count). The number of thiocarbonyl (C=S) groups is 1. The Kier molecular flexibility index (Phi) is 7.32. The molecule has 0 saturated carbocycles. The third-order valence-electron chi connectivity index (χ3n) is 4.25. The summed E-state index contributed by atoms with van der Waals surface area (Å²) in [7, 11) is -3.45. The van der Waals surface area contributed by atoms with Gasteiger partial charge < -0.3 is 10.6 Å². The zero-order valence-electron chi connectivity index (χ0n) is 16.6. The van der Waals surface area contributed by atoms with Crippen LogP contribution in [0.4, 0.5) is 5.69 Å². The van der Waals surface area contributed by atoms with Crippen LogP contribution in [0, 0.1) is 19.8 Å². The first-order chi connectivity index (χ1) is 13.1. The van der Waals surface area contributed by atoms with Gasteiger partial charge in [0.1, 0.15) is 0 Å². The van der Waals surface area contributed by atoms with Crippen LogP contribution in [0.5, 0.6) is 0 Å². The van der Waals surface area contributed by atoms with Crippen LogP contribution in [-0.2, 0) is 20.4 Å². The maximum Gasteiger partial charge on any atom is 0.226 e. The molecule has 0 fully saturated rings. The molecule has 1 amide bonds. The maximum absolute atomic E-state index is 12.7. The SMILES string of the molecule is Cc1ccc(CS(=O)(=O)c2ccc(NC(=S)NC(=O)CC(C)C)cc2)cc1C. The monoisotopic (exact) mass is 418 g/mol. The summed E-state index contributed by atoms with van der Waals surface area (Å²) in [5, 5.41) is 5.69. The minimum Gasteiger partial charge on any atom is -0.332 e. The van der Waals surface area contributed by atoms with Crippen LogP contribution in [0.2, 0.25) is 0 Å². The van der Waals surface area contributed by atoms with Crippen molar-refractivity contribution < 1.29 is 13.2 Å². The zero-order chi connectivity index (χ0) is 20.9. The first kappa shape index (κ1) is 22.0. The molecule has 28 heavy (non-hydrogen) atoms. The molecule has 2 aromatic rings. The average Bonchev–Trinajstić information content (AvgIpc) is 2.57. The van der Waals surface area contributed by atoms with Crippen molar-refractivity contribution in [3.05, 3.63) is 59.2 Å². The van der Waals surface area contributed by atoms with E-state index < -0.39 is 9.84 Å². The Morgan fingerprint density at radius 3 is 2.25 bits per heavy atom. The number of hydrogen-bond donors (Lipinski definition) is 2. The lowest BCUT2D eigenvalue weighted by atomic mass is 10.1. The second-order valence-electron chi connectivity index (χ2n) is 7.30. The van der Waals surface area contributed by atoms with E-state index in [2.05, 4.69) is 10.6 Å². The maximum atomic E-state index is 12.7. The summed E-state index contributed by atoms with van der Waals surface area (Å²) in [5.41, 5.74) is 3.58. The van der Waals surface area contributed by atoms with Gasteiger partial charge in [0.15, 0.2) is 14.9 Å². The Bertz CT molecular complexity index is 966. The Labute approximate surface area is 172 Å². The van der Waals surface area contributed by atoms with Gasteiger partial charge in [0.25, 0.3) is 0 Å². The van der Waals surface area contributed by atoms with E-state index in [9.17, 15) is 13.2 Å². The Morgan fingerprint density at radius 1 is 1.04 bits per heavy atom. The van der Waals surface area contributed by atoms with Crippen molar-refractivity contribution in [3.63, 3.8) is 0 Å². The van der Waals surface area contributed by atoms with Gasteiger partial charge in [0, 0.05) is 12.1 Å². The van der Waals surface area contributed by atoms with Crippen molar-refractivity contribution in [1.29, 1.82) is 0 Å². The van der Waals surface area contributed by atoms with Gasteiger partial charge in [-0.3, -0.25) is 4.79 Å². The largest absolute Gasteiger partial charge is 0.332 e. The smallest absolute Gasteiger partial charge is 0.226 e. The van der Waals surface area contributed by atoms with E-state index in [0.29, 0.717) is 12.1 Å². The van der Waals surface area contributed by atoms with E-state index in [0.717, 1.165) is 16.7 Å². The van der Waals surface area contributed by atoms with E-state index in [4.69, 9.17) is 12.2 Å². The van der Waals surface area contributed by atoms with Crippen molar-refractivity contribution >= 4 is 38.8 Å². The lowest BCUT2D eigenvalue weighted by Crippen LogP contribution is -2.34. The molecule has 150 valence electrons. The summed E-state index contributed by atoms with van der Waals surface area (Å²) in [6.45, 7) is 7.87. The van der Waals surface area contributed by atoms with Crippen LogP contribution in [0.15, 0.2) is 47.4 Å². The molecule has 0 aliphatic carbocycles. The van der Waals surface area contributed by atoms with Gasteiger partial charge in [-0.15, -0.1) is 0 Å². The zero-order valence-corrected chi connectivity index (χ0v) is 18.2. The lowest BCUT2D eigenvalue weighted by Gasteiger charge is -2.11. The third-order valence-corrected chi connectivity index (χ3v) is 6.15. The van der Waals surface area contributed by atoms with Gasteiger partial charge in [0.05, 0.1) is 10.6 Å². The minimum atomic E-state index is -3.45. The molecule has 0 saturated heterocycles. The molecule has 0 aliphatic rings. The predicted molar refractivity (Wildman–Crippen MR) is 117 cm³/mol. The normalized spacial score (nSPS) is 11.3. The molecule has 0 atom stereocenters. The number of carbonyl (C=O) groups is 1. The minimum absolute atomic E-state index is 0.0510. The summed E-state index contributed by atoms with van der Waals surface area (Å²) in [6.07, 6.45) is 0.386. The van der Waals surface area contributed by atoms with Crippen LogP contribution >= 0.6 is 12.2 Å². The Morgan fingerprint density at radius 2 is 1.68 bits per heavy atom. The summed E-state index contributed by atoms with van der Waals surface area (Å²) in [5.74, 6) is 0.0367. The highest BCUT2D eigenvalue weighted by molar-refractivity contribution is 7.90.